The van der Waals surface area contributed by atoms with Gasteiger partial charge in [0.1, 0.15) is 6.73 Å². The van der Waals surface area contributed by atoms with Gasteiger partial charge in [0.15, 0.2) is 11.2 Å². The monoisotopic (exact) mass is 314 g/mol. The van der Waals surface area contributed by atoms with E-state index in [0.29, 0.717) is 23.8 Å². The van der Waals surface area contributed by atoms with Gasteiger partial charge < -0.3 is 9.47 Å². The Kier molecular flexibility index (Phi) is 4.61. The summed E-state index contributed by atoms with van der Waals surface area (Å²) in [5, 5.41) is 0.137. The number of ether oxygens (including phenoxy) is 2. The zero-order valence-electron chi connectivity index (χ0n) is 12.2. The molecule has 2 aromatic heterocycles. The second kappa shape index (κ2) is 6.07. The summed E-state index contributed by atoms with van der Waals surface area (Å²) in [6.07, 6.45) is 1.66. The van der Waals surface area contributed by atoms with Crippen LogP contribution in [0.5, 0.6) is 5.88 Å². The van der Waals surface area contributed by atoms with E-state index in [1.165, 1.54) is 7.11 Å². The van der Waals surface area contributed by atoms with Crippen molar-refractivity contribution in [1.29, 1.82) is 0 Å². The maximum atomic E-state index is 5.87. The molecule has 20 heavy (non-hydrogen) atoms. The summed E-state index contributed by atoms with van der Waals surface area (Å²) in [5.74, 6) is 0.376. The molecule has 0 fully saturated rings. The normalized spacial score (nSPS) is 12.1. The van der Waals surface area contributed by atoms with Gasteiger partial charge in [0.05, 0.1) is 13.4 Å². The highest BCUT2D eigenvalue weighted by Gasteiger charge is 2.14. The van der Waals surface area contributed by atoms with E-state index in [4.69, 9.17) is 21.1 Å². The number of hydrogen-bond donors (Lipinski definition) is 0. The Morgan fingerprint density at radius 1 is 1.30 bits per heavy atom. The molecule has 2 heterocycles. The average molecular weight is 315 g/mol. The topological polar surface area (TPSA) is 62.1 Å². The number of hydrogen-bond acceptors (Lipinski definition) is 5. The van der Waals surface area contributed by atoms with Crippen LogP contribution in [0.3, 0.4) is 0 Å². The molecular weight excluding hydrogens is 296 g/mol. The van der Waals surface area contributed by atoms with Gasteiger partial charge in [-0.3, -0.25) is 4.57 Å². The van der Waals surface area contributed by atoms with Gasteiger partial charge in [-0.1, -0.05) is 19.6 Å². The lowest BCUT2D eigenvalue weighted by molar-refractivity contribution is 0.0895. The third-order valence-corrected chi connectivity index (χ3v) is 4.70. The first-order valence-corrected chi connectivity index (χ1v) is 10.5. The van der Waals surface area contributed by atoms with Crippen LogP contribution in [0.1, 0.15) is 0 Å². The van der Waals surface area contributed by atoms with Gasteiger partial charge in [0.25, 0.3) is 0 Å². The molecule has 0 aliphatic carbocycles. The first-order valence-electron chi connectivity index (χ1n) is 6.41. The van der Waals surface area contributed by atoms with Crippen LogP contribution in [-0.4, -0.2) is 41.3 Å². The molecule has 6 nitrogen and oxygen atoms in total. The molecule has 0 aliphatic heterocycles. The van der Waals surface area contributed by atoms with Gasteiger partial charge >= 0.3 is 0 Å². The van der Waals surface area contributed by atoms with Crippen LogP contribution in [0.4, 0.5) is 0 Å². The number of nitrogens with zero attached hydrogens (tertiary/aromatic N) is 4. The van der Waals surface area contributed by atoms with E-state index < -0.39 is 8.07 Å². The van der Waals surface area contributed by atoms with E-state index in [0.717, 1.165) is 12.7 Å². The van der Waals surface area contributed by atoms with E-state index in [2.05, 4.69) is 34.6 Å². The molecule has 0 aliphatic rings. The lowest BCUT2D eigenvalue weighted by Crippen LogP contribution is -2.22. The van der Waals surface area contributed by atoms with Gasteiger partial charge in [-0.05, 0) is 17.6 Å². The van der Waals surface area contributed by atoms with Gasteiger partial charge in [-0.25, -0.2) is 4.98 Å². The van der Waals surface area contributed by atoms with Crippen molar-refractivity contribution in [3.8, 4) is 5.88 Å². The second-order valence-corrected chi connectivity index (χ2v) is 11.7. The molecule has 110 valence electrons. The molecular formula is C12H19ClN4O2Si. The zero-order chi connectivity index (χ0) is 14.8. The summed E-state index contributed by atoms with van der Waals surface area (Å²) in [6.45, 7) is 8.10. The highest BCUT2D eigenvalue weighted by Crippen LogP contribution is 2.22. The Bertz CT molecular complexity index is 597. The van der Waals surface area contributed by atoms with Gasteiger partial charge in [0, 0.05) is 14.7 Å². The number of rotatable bonds is 6. The molecule has 2 rings (SSSR count). The van der Waals surface area contributed by atoms with Crippen LogP contribution in [-0.2, 0) is 11.5 Å². The van der Waals surface area contributed by atoms with E-state index in [1.807, 2.05) is 0 Å². The maximum absolute atomic E-state index is 5.87. The molecule has 0 bridgehead atoms. The van der Waals surface area contributed by atoms with Crippen molar-refractivity contribution in [2.75, 3.05) is 13.7 Å². The summed E-state index contributed by atoms with van der Waals surface area (Å²) in [6, 6.07) is 1.12. The highest BCUT2D eigenvalue weighted by molar-refractivity contribution is 6.76. The van der Waals surface area contributed by atoms with Crippen molar-refractivity contribution < 1.29 is 9.47 Å². The Balaban J connectivity index is 2.09. The smallest absolute Gasteiger partial charge is 0.246 e. The number of aromatic nitrogens is 4. The zero-order valence-corrected chi connectivity index (χ0v) is 13.9. The lowest BCUT2D eigenvalue weighted by atomic mass is 10.5. The minimum absolute atomic E-state index is 0.137. The number of methoxy groups -OCH3 is 1. The fourth-order valence-corrected chi connectivity index (χ4v) is 2.58. The number of halogens is 1. The number of imidazole rings is 1. The van der Waals surface area contributed by atoms with Gasteiger partial charge in [-0.2, -0.15) is 9.97 Å². The molecule has 0 saturated heterocycles. The van der Waals surface area contributed by atoms with Crippen LogP contribution >= 0.6 is 11.6 Å². The predicted octanol–water partition coefficient (Wildman–Crippen LogP) is 2.80. The Labute approximate surface area is 124 Å². The summed E-state index contributed by atoms with van der Waals surface area (Å²) >= 11 is 5.87. The van der Waals surface area contributed by atoms with Crippen molar-refractivity contribution in [2.45, 2.75) is 32.4 Å². The van der Waals surface area contributed by atoms with Gasteiger partial charge in [-0.15, -0.1) is 0 Å². The first-order chi connectivity index (χ1) is 9.40. The Morgan fingerprint density at radius 3 is 2.70 bits per heavy atom. The first kappa shape index (κ1) is 15.2. The fourth-order valence-electron chi connectivity index (χ4n) is 1.67. The quantitative estimate of drug-likeness (QED) is 0.466. The van der Waals surface area contributed by atoms with Crippen molar-refractivity contribution in [3.05, 3.63) is 11.6 Å². The van der Waals surface area contributed by atoms with Crippen LogP contribution < -0.4 is 4.74 Å². The highest BCUT2D eigenvalue weighted by atomic mass is 35.5. The summed E-state index contributed by atoms with van der Waals surface area (Å²) in [7, 11) is 0.456. The van der Waals surface area contributed by atoms with Crippen molar-refractivity contribution in [2.24, 2.45) is 0 Å². The molecule has 0 spiro atoms. The van der Waals surface area contributed by atoms with Crippen LogP contribution in [0.2, 0.25) is 31.0 Å². The minimum Gasteiger partial charge on any atom is -0.479 e. The molecule has 0 amide bonds. The molecule has 8 heteroatoms. The third kappa shape index (κ3) is 3.68. The molecule has 0 atom stereocenters. The predicted molar refractivity (Wildman–Crippen MR) is 81.0 cm³/mol. The van der Waals surface area contributed by atoms with Crippen molar-refractivity contribution >= 4 is 30.8 Å². The summed E-state index contributed by atoms with van der Waals surface area (Å²) in [5.41, 5.74) is 1.21. The molecule has 0 radical (unpaired) electrons. The van der Waals surface area contributed by atoms with E-state index in [9.17, 15) is 0 Å². The van der Waals surface area contributed by atoms with Crippen molar-refractivity contribution in [1.82, 2.24) is 19.5 Å². The van der Waals surface area contributed by atoms with E-state index in [1.54, 1.807) is 10.9 Å². The Morgan fingerprint density at radius 2 is 2.05 bits per heavy atom. The van der Waals surface area contributed by atoms with Crippen LogP contribution in [0.15, 0.2) is 6.33 Å². The minimum atomic E-state index is -1.07. The SMILES string of the molecule is COc1nc(Cl)nc2c1ncn2COCC[Si](C)(C)C. The lowest BCUT2D eigenvalue weighted by Gasteiger charge is -2.15. The molecule has 2 aromatic rings. The average Bonchev–Trinajstić information content (AvgIpc) is 2.75. The van der Waals surface area contributed by atoms with Crippen LogP contribution in [0, 0.1) is 0 Å². The standard InChI is InChI=1S/C12H19ClN4O2Si/c1-18-11-9-10(15-12(13)16-11)17(7-14-9)8-19-5-6-20(2,3)4/h7H,5-6,8H2,1-4H3. The van der Waals surface area contributed by atoms with Crippen molar-refractivity contribution in [3.63, 3.8) is 0 Å². The van der Waals surface area contributed by atoms with Crippen LogP contribution in [0.25, 0.3) is 11.2 Å². The van der Waals surface area contributed by atoms with Gasteiger partial charge in [0.2, 0.25) is 11.2 Å². The largest absolute Gasteiger partial charge is 0.479 e. The second-order valence-electron chi connectivity index (χ2n) is 5.74. The number of fused-ring (bicyclic) bond motifs is 1. The fraction of sp³-hybridized carbons (Fsp3) is 0.583. The maximum Gasteiger partial charge on any atom is 0.246 e. The summed E-state index contributed by atoms with van der Waals surface area (Å²) < 4.78 is 12.6. The Hall–Kier alpha value is -1.18. The molecule has 0 saturated carbocycles. The molecule has 0 unspecified atom stereocenters. The molecule has 0 N–H and O–H groups in total. The van der Waals surface area contributed by atoms with E-state index >= 15 is 0 Å². The third-order valence-electron chi connectivity index (χ3n) is 2.82. The van der Waals surface area contributed by atoms with E-state index in [-0.39, 0.29) is 5.28 Å². The summed E-state index contributed by atoms with van der Waals surface area (Å²) in [4.78, 5) is 12.4. The molecule has 0 aromatic carbocycles.